The lowest BCUT2D eigenvalue weighted by molar-refractivity contribution is -0.151. The first kappa shape index (κ1) is 16.5. The van der Waals surface area contributed by atoms with Crippen LogP contribution in [0, 0.1) is 5.92 Å². The molecule has 2 rings (SSSR count). The highest BCUT2D eigenvalue weighted by Gasteiger charge is 2.28. The molecule has 0 aliphatic heterocycles. The van der Waals surface area contributed by atoms with Crippen LogP contribution in [0.4, 0.5) is 0 Å². The fourth-order valence-electron chi connectivity index (χ4n) is 2.77. The molecule has 1 aliphatic carbocycles. The molecule has 22 heavy (non-hydrogen) atoms. The number of ether oxygens (including phenoxy) is 1. The Morgan fingerprint density at radius 2 is 1.86 bits per heavy atom. The molecule has 0 heterocycles. The van der Waals surface area contributed by atoms with E-state index >= 15 is 0 Å². The van der Waals surface area contributed by atoms with Gasteiger partial charge in [0.25, 0.3) is 0 Å². The lowest BCUT2D eigenvalue weighted by Crippen LogP contribution is -2.43. The van der Waals surface area contributed by atoms with Crippen LogP contribution in [-0.4, -0.2) is 29.1 Å². The zero-order valence-electron chi connectivity index (χ0n) is 12.8. The minimum absolute atomic E-state index is 0.0677. The van der Waals surface area contributed by atoms with Crippen LogP contribution in [0.25, 0.3) is 0 Å². The molecule has 1 saturated carbocycles. The van der Waals surface area contributed by atoms with E-state index in [2.05, 4.69) is 5.32 Å². The van der Waals surface area contributed by atoms with E-state index in [1.54, 1.807) is 6.92 Å². The molecule has 1 aromatic rings. The summed E-state index contributed by atoms with van der Waals surface area (Å²) in [6, 6.07) is 9.25. The van der Waals surface area contributed by atoms with E-state index in [0.29, 0.717) is 6.61 Å². The van der Waals surface area contributed by atoms with Gasteiger partial charge in [0.05, 0.1) is 5.92 Å². The molecule has 120 valence electrons. The zero-order valence-corrected chi connectivity index (χ0v) is 12.8. The number of carboxylic acids is 1. The number of hydrogen-bond acceptors (Lipinski definition) is 4. The van der Waals surface area contributed by atoms with Crippen molar-refractivity contribution in [2.24, 2.45) is 5.92 Å². The number of hydrogen-bond donors (Lipinski definition) is 2. The largest absolute Gasteiger partial charge is 0.480 e. The van der Waals surface area contributed by atoms with Crippen molar-refractivity contribution in [3.63, 3.8) is 0 Å². The molecule has 0 amide bonds. The molecule has 5 heteroatoms. The van der Waals surface area contributed by atoms with Gasteiger partial charge in [-0.25, -0.2) is 0 Å². The molecular weight excluding hydrogens is 282 g/mol. The van der Waals surface area contributed by atoms with E-state index in [1.165, 1.54) is 0 Å². The highest BCUT2D eigenvalue weighted by molar-refractivity contribution is 5.73. The Bertz CT molecular complexity index is 495. The number of carbonyl (C=O) groups is 2. The van der Waals surface area contributed by atoms with Crippen LogP contribution in [0.1, 0.15) is 38.2 Å². The number of aliphatic carboxylic acids is 1. The average Bonchev–Trinajstić information content (AvgIpc) is 2.54. The van der Waals surface area contributed by atoms with Gasteiger partial charge in [0, 0.05) is 6.04 Å². The first-order chi connectivity index (χ1) is 10.6. The summed E-state index contributed by atoms with van der Waals surface area (Å²) in [5.74, 6) is -1.06. The molecule has 0 bridgehead atoms. The highest BCUT2D eigenvalue weighted by Crippen LogP contribution is 2.26. The normalized spacial score (nSPS) is 22.8. The van der Waals surface area contributed by atoms with E-state index in [1.807, 2.05) is 30.3 Å². The number of nitrogens with one attached hydrogen (secondary N) is 1. The molecule has 1 atom stereocenters. The summed E-state index contributed by atoms with van der Waals surface area (Å²) < 4.78 is 5.37. The van der Waals surface area contributed by atoms with Crippen molar-refractivity contribution in [2.45, 2.75) is 51.3 Å². The summed E-state index contributed by atoms with van der Waals surface area (Å²) in [5.41, 5.74) is 0.987. The van der Waals surface area contributed by atoms with Gasteiger partial charge >= 0.3 is 11.9 Å². The summed E-state index contributed by atoms with van der Waals surface area (Å²) >= 11 is 0. The van der Waals surface area contributed by atoms with Gasteiger partial charge in [0.15, 0.2) is 0 Å². The van der Waals surface area contributed by atoms with Crippen LogP contribution in [0.3, 0.4) is 0 Å². The highest BCUT2D eigenvalue weighted by atomic mass is 16.5. The maximum absolute atomic E-state index is 12.1. The molecule has 0 saturated heterocycles. The Morgan fingerprint density at radius 3 is 2.45 bits per heavy atom. The average molecular weight is 305 g/mol. The second-order valence-electron chi connectivity index (χ2n) is 5.87. The number of carboxylic acid groups (broad SMARTS) is 1. The first-order valence-corrected chi connectivity index (χ1v) is 7.75. The van der Waals surface area contributed by atoms with Crippen molar-refractivity contribution in [1.29, 1.82) is 0 Å². The second kappa shape index (κ2) is 7.94. The summed E-state index contributed by atoms with van der Waals surface area (Å²) in [6.07, 6.45) is 3.11. The number of esters is 1. The van der Waals surface area contributed by atoms with E-state index in [-0.39, 0.29) is 17.9 Å². The molecule has 5 nitrogen and oxygen atoms in total. The monoisotopic (exact) mass is 305 g/mol. The summed E-state index contributed by atoms with van der Waals surface area (Å²) in [6.45, 7) is 1.95. The third-order valence-electron chi connectivity index (χ3n) is 4.14. The maximum Gasteiger partial charge on any atom is 0.320 e. The Labute approximate surface area is 130 Å². The fourth-order valence-corrected chi connectivity index (χ4v) is 2.77. The van der Waals surface area contributed by atoms with Crippen LogP contribution in [-0.2, 0) is 20.9 Å². The van der Waals surface area contributed by atoms with Crippen molar-refractivity contribution in [2.75, 3.05) is 0 Å². The van der Waals surface area contributed by atoms with E-state index in [0.717, 1.165) is 31.2 Å². The van der Waals surface area contributed by atoms with Crippen molar-refractivity contribution in [3.8, 4) is 0 Å². The minimum Gasteiger partial charge on any atom is -0.480 e. The Morgan fingerprint density at radius 1 is 1.23 bits per heavy atom. The Hall–Kier alpha value is -1.88. The topological polar surface area (TPSA) is 75.6 Å². The first-order valence-electron chi connectivity index (χ1n) is 7.75. The molecule has 1 unspecified atom stereocenters. The summed E-state index contributed by atoms with van der Waals surface area (Å²) in [4.78, 5) is 22.9. The van der Waals surface area contributed by atoms with E-state index in [4.69, 9.17) is 9.84 Å². The molecule has 0 aromatic heterocycles. The molecule has 2 N–H and O–H groups in total. The van der Waals surface area contributed by atoms with Crippen molar-refractivity contribution >= 4 is 11.9 Å². The van der Waals surface area contributed by atoms with Gasteiger partial charge in [-0.1, -0.05) is 30.3 Å². The van der Waals surface area contributed by atoms with E-state index < -0.39 is 12.0 Å². The van der Waals surface area contributed by atoms with Gasteiger partial charge in [-0.2, -0.15) is 0 Å². The van der Waals surface area contributed by atoms with Gasteiger partial charge in [-0.3, -0.25) is 9.59 Å². The molecule has 0 spiro atoms. The van der Waals surface area contributed by atoms with Gasteiger partial charge in [0.2, 0.25) is 0 Å². The van der Waals surface area contributed by atoms with Crippen LogP contribution < -0.4 is 5.32 Å². The molecule has 1 aromatic carbocycles. The molecular formula is C17H23NO4. The number of rotatable bonds is 6. The van der Waals surface area contributed by atoms with Gasteiger partial charge in [0.1, 0.15) is 12.6 Å². The SMILES string of the molecule is CC(NC1CCC(C(=O)OCc2ccccc2)CC1)C(=O)O. The third-order valence-corrected chi connectivity index (χ3v) is 4.14. The second-order valence-corrected chi connectivity index (χ2v) is 5.87. The molecule has 1 fully saturated rings. The van der Waals surface area contributed by atoms with Crippen molar-refractivity contribution < 1.29 is 19.4 Å². The van der Waals surface area contributed by atoms with E-state index in [9.17, 15) is 9.59 Å². The van der Waals surface area contributed by atoms with Crippen LogP contribution >= 0.6 is 0 Å². The van der Waals surface area contributed by atoms with Crippen molar-refractivity contribution in [1.82, 2.24) is 5.32 Å². The van der Waals surface area contributed by atoms with Crippen LogP contribution in [0.2, 0.25) is 0 Å². The van der Waals surface area contributed by atoms with Gasteiger partial charge in [-0.15, -0.1) is 0 Å². The van der Waals surface area contributed by atoms with Gasteiger partial charge in [-0.05, 0) is 38.2 Å². The Balaban J connectivity index is 1.72. The fraction of sp³-hybridized carbons (Fsp3) is 0.529. The van der Waals surface area contributed by atoms with Crippen LogP contribution in [0.15, 0.2) is 30.3 Å². The zero-order chi connectivity index (χ0) is 15.9. The summed E-state index contributed by atoms with van der Waals surface area (Å²) in [5, 5.41) is 12.0. The smallest absolute Gasteiger partial charge is 0.320 e. The lowest BCUT2D eigenvalue weighted by Gasteiger charge is -2.29. The summed E-state index contributed by atoms with van der Waals surface area (Å²) in [7, 11) is 0. The Kier molecular flexibility index (Phi) is 5.95. The molecule has 0 radical (unpaired) electrons. The predicted molar refractivity (Wildman–Crippen MR) is 82.2 cm³/mol. The van der Waals surface area contributed by atoms with Crippen LogP contribution in [0.5, 0.6) is 0 Å². The quantitative estimate of drug-likeness (QED) is 0.789. The maximum atomic E-state index is 12.1. The lowest BCUT2D eigenvalue weighted by atomic mass is 9.86. The van der Waals surface area contributed by atoms with Crippen molar-refractivity contribution in [3.05, 3.63) is 35.9 Å². The standard InChI is InChI=1S/C17H23NO4/c1-12(16(19)20)18-15-9-7-14(8-10-15)17(21)22-11-13-5-3-2-4-6-13/h2-6,12,14-15,18H,7-11H2,1H3,(H,19,20). The van der Waals surface area contributed by atoms with Gasteiger partial charge < -0.3 is 15.2 Å². The number of carbonyl (C=O) groups excluding carboxylic acids is 1. The minimum atomic E-state index is -0.843. The predicted octanol–water partition coefficient (Wildman–Crippen LogP) is 2.35. The third kappa shape index (κ3) is 4.84. The molecule has 1 aliphatic rings. The number of benzene rings is 1.